The Kier molecular flexibility index (Phi) is 5.34. The summed E-state index contributed by atoms with van der Waals surface area (Å²) in [4.78, 5) is 0. The van der Waals surface area contributed by atoms with E-state index in [1.807, 2.05) is 19.1 Å². The second-order valence-corrected chi connectivity index (χ2v) is 4.31. The van der Waals surface area contributed by atoms with Crippen LogP contribution in [0, 0.1) is 19.3 Å². The Morgan fingerprint density at radius 2 is 2.25 bits per heavy atom. The van der Waals surface area contributed by atoms with Gasteiger partial charge in [-0.3, -0.25) is 11.3 Å². The molecule has 1 aromatic rings. The molecule has 1 atom stereocenters. The first-order valence-electron chi connectivity index (χ1n) is 5.34. The number of aryl methyl sites for hydroxylation is 1. The zero-order valence-electron chi connectivity index (χ0n) is 9.46. The predicted octanol–water partition coefficient (Wildman–Crippen LogP) is 2.96. The van der Waals surface area contributed by atoms with Gasteiger partial charge in [-0.05, 0) is 43.0 Å². The third-order valence-corrected chi connectivity index (χ3v) is 2.70. The number of hydrazine groups is 1. The molecule has 0 aliphatic carbocycles. The molecule has 3 heteroatoms. The van der Waals surface area contributed by atoms with Gasteiger partial charge >= 0.3 is 0 Å². The van der Waals surface area contributed by atoms with E-state index in [2.05, 4.69) is 17.4 Å². The van der Waals surface area contributed by atoms with E-state index in [1.54, 1.807) is 0 Å². The number of hydrogen-bond donors (Lipinski definition) is 2. The zero-order valence-corrected chi connectivity index (χ0v) is 10.2. The number of terminal acetylenes is 1. The van der Waals surface area contributed by atoms with E-state index < -0.39 is 0 Å². The first-order chi connectivity index (χ1) is 7.67. The lowest BCUT2D eigenvalue weighted by molar-refractivity contribution is 0.502. The maximum absolute atomic E-state index is 6.01. The molecule has 3 N–H and O–H groups in total. The van der Waals surface area contributed by atoms with Gasteiger partial charge in [-0.2, -0.15) is 0 Å². The third-order valence-electron chi connectivity index (χ3n) is 2.48. The molecule has 0 aliphatic heterocycles. The highest BCUT2D eigenvalue weighted by atomic mass is 35.5. The van der Waals surface area contributed by atoms with Gasteiger partial charge in [0.1, 0.15) is 0 Å². The quantitative estimate of drug-likeness (QED) is 0.357. The van der Waals surface area contributed by atoms with Crippen LogP contribution >= 0.6 is 11.6 Å². The lowest BCUT2D eigenvalue weighted by atomic mass is 10.00. The minimum atomic E-state index is 0.116. The van der Waals surface area contributed by atoms with Gasteiger partial charge in [0.2, 0.25) is 0 Å². The molecule has 0 amide bonds. The Bertz CT molecular complexity index is 362. The van der Waals surface area contributed by atoms with Gasteiger partial charge in [0, 0.05) is 17.5 Å². The van der Waals surface area contributed by atoms with E-state index >= 15 is 0 Å². The fourth-order valence-corrected chi connectivity index (χ4v) is 2.02. The van der Waals surface area contributed by atoms with Gasteiger partial charge in [-0.1, -0.05) is 17.7 Å². The average Bonchev–Trinajstić information content (AvgIpc) is 2.23. The van der Waals surface area contributed by atoms with Crippen molar-refractivity contribution in [3.8, 4) is 12.3 Å². The van der Waals surface area contributed by atoms with Gasteiger partial charge < -0.3 is 0 Å². The third kappa shape index (κ3) is 3.86. The molecule has 0 aromatic heterocycles. The van der Waals surface area contributed by atoms with Crippen LogP contribution in [0.3, 0.4) is 0 Å². The molecule has 1 rings (SSSR count). The summed E-state index contributed by atoms with van der Waals surface area (Å²) in [6, 6.07) is 6.08. The predicted molar refractivity (Wildman–Crippen MR) is 68.9 cm³/mol. The summed E-state index contributed by atoms with van der Waals surface area (Å²) >= 11 is 6.01. The van der Waals surface area contributed by atoms with Crippen LogP contribution in [0.15, 0.2) is 18.2 Å². The van der Waals surface area contributed by atoms with E-state index in [4.69, 9.17) is 23.9 Å². The molecule has 2 nitrogen and oxygen atoms in total. The first kappa shape index (κ1) is 13.1. The van der Waals surface area contributed by atoms with Gasteiger partial charge in [-0.25, -0.2) is 0 Å². The Morgan fingerprint density at radius 1 is 1.50 bits per heavy atom. The molecule has 0 saturated carbocycles. The molecule has 0 heterocycles. The number of unbranched alkanes of at least 4 members (excludes halogenated alkanes) is 1. The molecule has 1 unspecified atom stereocenters. The topological polar surface area (TPSA) is 38.0 Å². The van der Waals surface area contributed by atoms with Crippen molar-refractivity contribution in [3.05, 3.63) is 34.3 Å². The number of hydrogen-bond acceptors (Lipinski definition) is 2. The van der Waals surface area contributed by atoms with Gasteiger partial charge in [0.05, 0.1) is 0 Å². The summed E-state index contributed by atoms with van der Waals surface area (Å²) in [7, 11) is 0. The van der Waals surface area contributed by atoms with Crippen LogP contribution in [0.25, 0.3) is 0 Å². The lowest BCUT2D eigenvalue weighted by Gasteiger charge is -2.16. The summed E-state index contributed by atoms with van der Waals surface area (Å²) in [5.74, 6) is 8.17. The molecule has 0 fully saturated rings. The van der Waals surface area contributed by atoms with Crippen LogP contribution in [0.2, 0.25) is 5.02 Å². The highest BCUT2D eigenvalue weighted by molar-refractivity contribution is 6.30. The standard InChI is InChI=1S/C13H17ClN2/c1-3-4-5-6-13(16-15)11-7-10(2)8-12(14)9-11/h1,7-9,13,16H,4-6,15H2,2H3. The Labute approximate surface area is 102 Å². The molecule has 0 aliphatic rings. The number of rotatable bonds is 5. The number of benzene rings is 1. The summed E-state index contributed by atoms with van der Waals surface area (Å²) < 4.78 is 0. The Balaban J connectivity index is 2.74. The van der Waals surface area contributed by atoms with Crippen molar-refractivity contribution in [3.63, 3.8) is 0 Å². The van der Waals surface area contributed by atoms with E-state index in [-0.39, 0.29) is 6.04 Å². The number of nitrogens with one attached hydrogen (secondary N) is 1. The van der Waals surface area contributed by atoms with Crippen molar-refractivity contribution >= 4 is 11.6 Å². The van der Waals surface area contributed by atoms with E-state index in [0.717, 1.165) is 35.4 Å². The summed E-state index contributed by atoms with van der Waals surface area (Å²) in [5, 5.41) is 0.743. The van der Waals surface area contributed by atoms with Crippen molar-refractivity contribution in [2.24, 2.45) is 5.84 Å². The molecule has 86 valence electrons. The molecule has 1 aromatic carbocycles. The highest BCUT2D eigenvalue weighted by Crippen LogP contribution is 2.23. The summed E-state index contributed by atoms with van der Waals surface area (Å²) in [6.45, 7) is 2.02. The maximum atomic E-state index is 6.01. The van der Waals surface area contributed by atoms with Crippen LogP contribution in [-0.2, 0) is 0 Å². The SMILES string of the molecule is C#CCCCC(NN)c1cc(C)cc(Cl)c1. The smallest absolute Gasteiger partial charge is 0.0460 e. The lowest BCUT2D eigenvalue weighted by Crippen LogP contribution is -2.28. The fraction of sp³-hybridized carbons (Fsp3) is 0.385. The Morgan fingerprint density at radius 3 is 2.81 bits per heavy atom. The Hall–Kier alpha value is -1.01. The van der Waals surface area contributed by atoms with Gasteiger partial charge in [0.15, 0.2) is 0 Å². The molecule has 16 heavy (non-hydrogen) atoms. The summed E-state index contributed by atoms with van der Waals surface area (Å²) in [6.07, 6.45) is 7.87. The fourth-order valence-electron chi connectivity index (χ4n) is 1.72. The normalized spacial score (nSPS) is 12.1. The maximum Gasteiger partial charge on any atom is 0.0460 e. The second kappa shape index (κ2) is 6.55. The summed E-state index contributed by atoms with van der Waals surface area (Å²) in [5.41, 5.74) is 5.06. The first-order valence-corrected chi connectivity index (χ1v) is 5.72. The zero-order chi connectivity index (χ0) is 12.0. The highest BCUT2D eigenvalue weighted by Gasteiger charge is 2.10. The van der Waals surface area contributed by atoms with Crippen LogP contribution in [0.4, 0.5) is 0 Å². The van der Waals surface area contributed by atoms with Crippen molar-refractivity contribution in [2.75, 3.05) is 0 Å². The van der Waals surface area contributed by atoms with Crippen LogP contribution < -0.4 is 11.3 Å². The monoisotopic (exact) mass is 236 g/mol. The second-order valence-electron chi connectivity index (χ2n) is 3.88. The minimum absolute atomic E-state index is 0.116. The number of halogens is 1. The molecule has 0 spiro atoms. The molecular weight excluding hydrogens is 220 g/mol. The van der Waals surface area contributed by atoms with Crippen LogP contribution in [0.1, 0.15) is 36.4 Å². The molecular formula is C13H17ClN2. The van der Waals surface area contributed by atoms with Gasteiger partial charge in [0.25, 0.3) is 0 Å². The minimum Gasteiger partial charge on any atom is -0.271 e. The largest absolute Gasteiger partial charge is 0.271 e. The molecule has 0 bridgehead atoms. The number of nitrogens with two attached hydrogens (primary N) is 1. The van der Waals surface area contributed by atoms with Crippen molar-refractivity contribution in [1.29, 1.82) is 0 Å². The molecule has 0 saturated heterocycles. The van der Waals surface area contributed by atoms with E-state index in [1.165, 1.54) is 0 Å². The van der Waals surface area contributed by atoms with Crippen LogP contribution in [0.5, 0.6) is 0 Å². The van der Waals surface area contributed by atoms with Crippen molar-refractivity contribution in [2.45, 2.75) is 32.2 Å². The van der Waals surface area contributed by atoms with Crippen molar-refractivity contribution in [1.82, 2.24) is 5.43 Å². The van der Waals surface area contributed by atoms with Gasteiger partial charge in [-0.15, -0.1) is 12.3 Å². The van der Waals surface area contributed by atoms with E-state index in [0.29, 0.717) is 0 Å². The van der Waals surface area contributed by atoms with E-state index in [9.17, 15) is 0 Å². The molecule has 0 radical (unpaired) electrons. The van der Waals surface area contributed by atoms with Crippen molar-refractivity contribution < 1.29 is 0 Å². The average molecular weight is 237 g/mol. The van der Waals surface area contributed by atoms with Crippen LogP contribution in [-0.4, -0.2) is 0 Å².